The van der Waals surface area contributed by atoms with Crippen LogP contribution in [0.3, 0.4) is 0 Å². The summed E-state index contributed by atoms with van der Waals surface area (Å²) in [6, 6.07) is 0. The molecule has 0 bridgehead atoms. The first-order valence-corrected chi connectivity index (χ1v) is 12.1. The lowest BCUT2D eigenvalue weighted by molar-refractivity contribution is -0.0511. The van der Waals surface area contributed by atoms with Gasteiger partial charge in [-0.05, 0) is 90.4 Å². The van der Waals surface area contributed by atoms with E-state index in [-0.39, 0.29) is 5.41 Å². The van der Waals surface area contributed by atoms with Gasteiger partial charge in [0.15, 0.2) is 0 Å². The Kier molecular flexibility index (Phi) is 12.8. The van der Waals surface area contributed by atoms with Gasteiger partial charge in [-0.25, -0.2) is 0 Å². The van der Waals surface area contributed by atoms with Crippen LogP contribution in [-0.2, 0) is 0 Å². The first kappa shape index (κ1) is 30.3. The number of rotatable bonds is 16. The summed E-state index contributed by atoms with van der Waals surface area (Å²) in [5.41, 5.74) is 0.481. The summed E-state index contributed by atoms with van der Waals surface area (Å²) in [7, 11) is 0. The zero-order valence-corrected chi connectivity index (χ0v) is 21.7. The highest BCUT2D eigenvalue weighted by molar-refractivity contribution is 5.06. The molecular weight excluding hydrogens is 388 g/mol. The number of allylic oxidation sites excluding steroid dienone is 3. The van der Waals surface area contributed by atoms with Crippen LogP contribution in [-0.4, -0.2) is 43.8 Å². The smallest absolute Gasteiger partial charge is 0.0849 e. The van der Waals surface area contributed by atoms with Gasteiger partial charge in [0, 0.05) is 0 Å². The molecule has 4 nitrogen and oxygen atoms in total. The Balaban J connectivity index is 4.80. The van der Waals surface area contributed by atoms with E-state index in [9.17, 15) is 20.4 Å². The van der Waals surface area contributed by atoms with E-state index >= 15 is 0 Å². The highest BCUT2D eigenvalue weighted by atomic mass is 16.3. The molecule has 4 heteroatoms. The standard InChI is InChI=1S/C27H52O4/c1-10-20(2)19-22(12-14-24(29)27(8,9)31)16-18-25(4,5)17-15-21(3)11-13-23(28)26(6,7)30/h16,20,23-24,28-31H,3,10-15,17-19H2,1-2,4-9H3/b22-16+. The number of hydrogen-bond acceptors (Lipinski definition) is 4. The molecule has 3 atom stereocenters. The van der Waals surface area contributed by atoms with Crippen LogP contribution in [0.5, 0.6) is 0 Å². The Morgan fingerprint density at radius 2 is 1.35 bits per heavy atom. The minimum atomic E-state index is -1.07. The maximum absolute atomic E-state index is 10.2. The SMILES string of the molecule is C=C(CCC(O)C(C)(C)O)CCC(C)(C)C/C=C(\CCC(O)C(C)(C)O)CC(C)CC. The third-order valence-electron chi connectivity index (χ3n) is 6.55. The van der Waals surface area contributed by atoms with Gasteiger partial charge in [-0.3, -0.25) is 0 Å². The average Bonchev–Trinajstić information content (AvgIpc) is 2.64. The van der Waals surface area contributed by atoms with Crippen LogP contribution in [0.2, 0.25) is 0 Å². The van der Waals surface area contributed by atoms with Crippen LogP contribution in [0.1, 0.15) is 113 Å². The van der Waals surface area contributed by atoms with Gasteiger partial charge < -0.3 is 20.4 Å². The van der Waals surface area contributed by atoms with Gasteiger partial charge in [-0.2, -0.15) is 0 Å². The molecule has 0 fully saturated rings. The van der Waals surface area contributed by atoms with Crippen LogP contribution in [0.4, 0.5) is 0 Å². The fourth-order valence-corrected chi connectivity index (χ4v) is 3.41. The van der Waals surface area contributed by atoms with Crippen molar-refractivity contribution in [1.82, 2.24) is 0 Å². The number of aliphatic hydroxyl groups is 4. The Morgan fingerprint density at radius 1 is 0.871 bits per heavy atom. The molecule has 0 aliphatic rings. The van der Waals surface area contributed by atoms with E-state index in [1.807, 2.05) is 0 Å². The molecule has 0 radical (unpaired) electrons. The van der Waals surface area contributed by atoms with Crippen molar-refractivity contribution in [3.63, 3.8) is 0 Å². The second-order valence-electron chi connectivity index (χ2n) is 11.6. The van der Waals surface area contributed by atoms with Crippen molar-refractivity contribution in [1.29, 1.82) is 0 Å². The summed E-state index contributed by atoms with van der Waals surface area (Å²) >= 11 is 0. The Morgan fingerprint density at radius 3 is 1.81 bits per heavy atom. The molecule has 184 valence electrons. The van der Waals surface area contributed by atoms with Crippen LogP contribution >= 0.6 is 0 Å². The van der Waals surface area contributed by atoms with Crippen molar-refractivity contribution < 1.29 is 20.4 Å². The van der Waals surface area contributed by atoms with Crippen LogP contribution in [0, 0.1) is 11.3 Å². The molecule has 0 aliphatic heterocycles. The van der Waals surface area contributed by atoms with Crippen LogP contribution < -0.4 is 0 Å². The molecule has 0 spiro atoms. The normalized spacial score (nSPS) is 16.8. The van der Waals surface area contributed by atoms with Crippen molar-refractivity contribution in [2.75, 3.05) is 0 Å². The van der Waals surface area contributed by atoms with E-state index in [0.717, 1.165) is 50.5 Å². The van der Waals surface area contributed by atoms with Crippen LogP contribution in [0.15, 0.2) is 23.8 Å². The fourth-order valence-electron chi connectivity index (χ4n) is 3.41. The van der Waals surface area contributed by atoms with Gasteiger partial charge in [-0.15, -0.1) is 0 Å². The lowest BCUT2D eigenvalue weighted by Gasteiger charge is -2.27. The van der Waals surface area contributed by atoms with E-state index in [4.69, 9.17) is 0 Å². The highest BCUT2D eigenvalue weighted by Gasteiger charge is 2.25. The highest BCUT2D eigenvalue weighted by Crippen LogP contribution is 2.32. The van der Waals surface area contributed by atoms with E-state index in [2.05, 4.69) is 40.3 Å². The van der Waals surface area contributed by atoms with Gasteiger partial charge in [0.1, 0.15) is 0 Å². The van der Waals surface area contributed by atoms with Crippen molar-refractivity contribution in [2.45, 2.75) is 137 Å². The molecule has 31 heavy (non-hydrogen) atoms. The third kappa shape index (κ3) is 14.2. The first-order valence-electron chi connectivity index (χ1n) is 12.1. The Labute approximate surface area is 192 Å². The van der Waals surface area contributed by atoms with Gasteiger partial charge >= 0.3 is 0 Å². The predicted octanol–water partition coefficient (Wildman–Crippen LogP) is 5.93. The molecule has 0 aromatic heterocycles. The number of hydrogen-bond donors (Lipinski definition) is 4. The Bertz CT molecular complexity index is 549. The quantitative estimate of drug-likeness (QED) is 0.224. The van der Waals surface area contributed by atoms with Crippen molar-refractivity contribution in [2.24, 2.45) is 11.3 Å². The van der Waals surface area contributed by atoms with Crippen molar-refractivity contribution in [3.8, 4) is 0 Å². The van der Waals surface area contributed by atoms with Crippen LogP contribution in [0.25, 0.3) is 0 Å². The fraction of sp³-hybridized carbons (Fsp3) is 0.852. The van der Waals surface area contributed by atoms with E-state index in [0.29, 0.717) is 18.8 Å². The molecule has 0 amide bonds. The van der Waals surface area contributed by atoms with E-state index in [1.165, 1.54) is 5.57 Å². The first-order chi connectivity index (χ1) is 14.0. The minimum Gasteiger partial charge on any atom is -0.390 e. The molecule has 0 heterocycles. The largest absolute Gasteiger partial charge is 0.390 e. The molecule has 4 N–H and O–H groups in total. The molecule has 0 rings (SSSR count). The van der Waals surface area contributed by atoms with Gasteiger partial charge in [-0.1, -0.05) is 57.9 Å². The van der Waals surface area contributed by atoms with Gasteiger partial charge in [0.25, 0.3) is 0 Å². The lowest BCUT2D eigenvalue weighted by atomic mass is 9.81. The maximum Gasteiger partial charge on any atom is 0.0849 e. The summed E-state index contributed by atoms with van der Waals surface area (Å²) < 4.78 is 0. The molecule has 0 aromatic carbocycles. The predicted molar refractivity (Wildman–Crippen MR) is 132 cm³/mol. The number of aliphatic hydroxyl groups excluding tert-OH is 2. The molecular formula is C27H52O4. The maximum atomic E-state index is 10.2. The molecule has 0 aliphatic carbocycles. The summed E-state index contributed by atoms with van der Waals surface area (Å²) in [5, 5.41) is 40.1. The third-order valence-corrected chi connectivity index (χ3v) is 6.55. The minimum absolute atomic E-state index is 0.132. The molecule has 0 saturated carbocycles. The van der Waals surface area contributed by atoms with E-state index in [1.54, 1.807) is 27.7 Å². The molecule has 0 aromatic rings. The zero-order chi connectivity index (χ0) is 24.5. The topological polar surface area (TPSA) is 80.9 Å². The second-order valence-corrected chi connectivity index (χ2v) is 11.6. The van der Waals surface area contributed by atoms with E-state index < -0.39 is 23.4 Å². The summed E-state index contributed by atoms with van der Waals surface area (Å²) in [6.45, 7) is 19.8. The molecule has 0 saturated heterocycles. The lowest BCUT2D eigenvalue weighted by Crippen LogP contribution is -2.35. The second kappa shape index (κ2) is 13.1. The van der Waals surface area contributed by atoms with Gasteiger partial charge in [0.05, 0.1) is 23.4 Å². The van der Waals surface area contributed by atoms with Gasteiger partial charge in [0.2, 0.25) is 0 Å². The average molecular weight is 441 g/mol. The summed E-state index contributed by atoms with van der Waals surface area (Å²) in [6.07, 6.45) is 8.61. The summed E-state index contributed by atoms with van der Waals surface area (Å²) in [5.74, 6) is 0.607. The Hall–Kier alpha value is -0.680. The van der Waals surface area contributed by atoms with Crippen molar-refractivity contribution >= 4 is 0 Å². The summed E-state index contributed by atoms with van der Waals surface area (Å²) in [4.78, 5) is 0. The zero-order valence-electron chi connectivity index (χ0n) is 21.7. The molecule has 3 unspecified atom stereocenters. The monoisotopic (exact) mass is 440 g/mol. The van der Waals surface area contributed by atoms with Crippen molar-refractivity contribution in [3.05, 3.63) is 23.8 Å².